The topological polar surface area (TPSA) is 177 Å². The Kier molecular flexibility index (Phi) is 10.7. The van der Waals surface area contributed by atoms with Crippen LogP contribution >= 0.6 is 0 Å². The smallest absolute Gasteiger partial charge is 0.303 e. The monoisotopic (exact) mass is 652 g/mol. The predicted molar refractivity (Wildman–Crippen MR) is 172 cm³/mol. The highest BCUT2D eigenvalue weighted by Crippen LogP contribution is 2.74. The van der Waals surface area contributed by atoms with Crippen LogP contribution in [0, 0.1) is 39.9 Å². The lowest BCUT2D eigenvalue weighted by atomic mass is 9.37. The summed E-state index contributed by atoms with van der Waals surface area (Å²) in [7, 11) is 0. The Bertz CT molecular complexity index is 1140. The Labute approximate surface area is 274 Å². The molecule has 4 fully saturated rings. The zero-order valence-electron chi connectivity index (χ0n) is 28.9. The van der Waals surface area contributed by atoms with Crippen LogP contribution in [0.25, 0.3) is 0 Å². The third kappa shape index (κ3) is 6.62. The SMILES string of the molecule is C=C(C)[C@@H]1CC[C@]2(C)C(C[C@@H](O[C@@H]3O[C@H](CO)[C@@H](O)[C@H](O)[C@H]3O)C3C([C@@](C)(O)C/C=C/C(C)(C)O)CC[C@]32C)[C@@]1(C)CCC(=O)O. The van der Waals surface area contributed by atoms with E-state index in [0.717, 1.165) is 31.3 Å². The van der Waals surface area contributed by atoms with Crippen LogP contribution in [0.5, 0.6) is 0 Å². The van der Waals surface area contributed by atoms with Gasteiger partial charge in [0.1, 0.15) is 24.4 Å². The lowest BCUT2D eigenvalue weighted by molar-refractivity contribution is -0.332. The van der Waals surface area contributed by atoms with Gasteiger partial charge in [0.05, 0.1) is 23.9 Å². The summed E-state index contributed by atoms with van der Waals surface area (Å²) in [6.07, 6.45) is 0.445. The van der Waals surface area contributed by atoms with Gasteiger partial charge < -0.3 is 45.2 Å². The second-order valence-electron chi connectivity index (χ2n) is 16.6. The highest BCUT2D eigenvalue weighted by atomic mass is 16.7. The minimum Gasteiger partial charge on any atom is -0.481 e. The van der Waals surface area contributed by atoms with E-state index >= 15 is 0 Å². The lowest BCUT2D eigenvalue weighted by Gasteiger charge is -2.68. The molecule has 3 aliphatic carbocycles. The fourth-order valence-electron chi connectivity index (χ4n) is 10.6. The number of hydrogen-bond acceptors (Lipinski definition) is 9. The lowest BCUT2D eigenvalue weighted by Crippen LogP contribution is -2.65. The van der Waals surface area contributed by atoms with Crippen molar-refractivity contribution < 1.29 is 50.0 Å². The molecule has 0 aromatic carbocycles. The molecule has 0 aromatic heterocycles. The van der Waals surface area contributed by atoms with E-state index < -0.39 is 66.0 Å². The number of allylic oxidation sites excluding steroid dienone is 1. The molecule has 0 radical (unpaired) electrons. The number of carboxylic acids is 1. The Morgan fingerprint density at radius 2 is 1.65 bits per heavy atom. The first-order valence-corrected chi connectivity index (χ1v) is 17.1. The molecule has 1 aliphatic heterocycles. The van der Waals surface area contributed by atoms with Gasteiger partial charge in [-0.2, -0.15) is 0 Å². The fourth-order valence-corrected chi connectivity index (χ4v) is 10.6. The van der Waals surface area contributed by atoms with Crippen LogP contribution in [0.1, 0.15) is 99.8 Å². The third-order valence-corrected chi connectivity index (χ3v) is 13.1. The summed E-state index contributed by atoms with van der Waals surface area (Å²) in [4.78, 5) is 11.9. The van der Waals surface area contributed by atoms with E-state index in [1.807, 2.05) is 19.9 Å². The molecule has 4 rings (SSSR count). The number of carboxylic acid groups (broad SMARTS) is 1. The van der Waals surface area contributed by atoms with Crippen molar-refractivity contribution in [2.75, 3.05) is 6.61 Å². The van der Waals surface area contributed by atoms with Gasteiger partial charge in [0.25, 0.3) is 0 Å². The number of carbonyl (C=O) groups is 1. The van der Waals surface area contributed by atoms with Gasteiger partial charge in [0.2, 0.25) is 0 Å². The van der Waals surface area contributed by atoms with Gasteiger partial charge >= 0.3 is 5.97 Å². The molecular weight excluding hydrogens is 592 g/mol. The second kappa shape index (κ2) is 13.2. The molecule has 10 nitrogen and oxygen atoms in total. The molecular formula is C36H60O10. The molecule has 0 spiro atoms. The highest BCUT2D eigenvalue weighted by Gasteiger charge is 2.70. The van der Waals surface area contributed by atoms with Crippen LogP contribution in [0.3, 0.4) is 0 Å². The maximum absolute atomic E-state index is 12.1. The van der Waals surface area contributed by atoms with Crippen LogP contribution in [0.4, 0.5) is 0 Å². The number of aliphatic carboxylic acids is 1. The van der Waals surface area contributed by atoms with E-state index in [-0.39, 0.29) is 40.9 Å². The van der Waals surface area contributed by atoms with Crippen LogP contribution in [0.2, 0.25) is 0 Å². The molecule has 14 atom stereocenters. The maximum Gasteiger partial charge on any atom is 0.303 e. The average Bonchev–Trinajstić information content (AvgIpc) is 3.32. The molecule has 0 amide bonds. The molecule has 7 N–H and O–H groups in total. The summed E-state index contributed by atoms with van der Waals surface area (Å²) in [5.74, 6) is -1.16. The van der Waals surface area contributed by atoms with Gasteiger partial charge in [-0.1, -0.05) is 45.1 Å². The third-order valence-electron chi connectivity index (χ3n) is 13.1. The quantitative estimate of drug-likeness (QED) is 0.129. The van der Waals surface area contributed by atoms with Crippen LogP contribution in [0.15, 0.2) is 24.3 Å². The first-order valence-electron chi connectivity index (χ1n) is 17.1. The van der Waals surface area contributed by atoms with E-state index in [1.54, 1.807) is 19.9 Å². The van der Waals surface area contributed by atoms with Gasteiger partial charge in [0, 0.05) is 6.42 Å². The molecule has 4 aliphatic rings. The molecule has 0 bridgehead atoms. The minimum absolute atomic E-state index is 0.00437. The summed E-state index contributed by atoms with van der Waals surface area (Å²) in [6.45, 7) is 17.8. The Morgan fingerprint density at radius 3 is 2.22 bits per heavy atom. The number of aliphatic hydroxyl groups excluding tert-OH is 4. The Hall–Kier alpha value is -1.37. The van der Waals surface area contributed by atoms with Gasteiger partial charge in [0.15, 0.2) is 6.29 Å². The normalized spacial score (nSPS) is 46.0. The van der Waals surface area contributed by atoms with Crippen molar-refractivity contribution in [3.05, 3.63) is 24.3 Å². The summed E-state index contributed by atoms with van der Waals surface area (Å²) in [5.41, 5.74) is -2.17. The van der Waals surface area contributed by atoms with Crippen molar-refractivity contribution >= 4 is 5.97 Å². The van der Waals surface area contributed by atoms with E-state index in [0.29, 0.717) is 19.3 Å². The van der Waals surface area contributed by atoms with Crippen molar-refractivity contribution in [1.29, 1.82) is 0 Å². The van der Waals surface area contributed by atoms with Crippen molar-refractivity contribution in [3.63, 3.8) is 0 Å². The zero-order chi connectivity index (χ0) is 34.6. The van der Waals surface area contributed by atoms with Gasteiger partial charge in [-0.15, -0.1) is 0 Å². The van der Waals surface area contributed by atoms with Crippen LogP contribution < -0.4 is 0 Å². The fraction of sp³-hybridized carbons (Fsp3) is 0.861. The van der Waals surface area contributed by atoms with Crippen molar-refractivity contribution in [2.45, 2.75) is 148 Å². The number of aliphatic hydroxyl groups is 6. The summed E-state index contributed by atoms with van der Waals surface area (Å²) in [6, 6.07) is 0. The van der Waals surface area contributed by atoms with Crippen molar-refractivity contribution in [1.82, 2.24) is 0 Å². The van der Waals surface area contributed by atoms with Crippen LogP contribution in [-0.4, -0.2) is 96.3 Å². The predicted octanol–water partition coefficient (Wildman–Crippen LogP) is 3.56. The van der Waals surface area contributed by atoms with E-state index in [1.165, 1.54) is 0 Å². The molecule has 3 unspecified atom stereocenters. The summed E-state index contributed by atoms with van der Waals surface area (Å²) >= 11 is 0. The minimum atomic E-state index is -1.59. The summed E-state index contributed by atoms with van der Waals surface area (Å²) in [5, 5.41) is 74.1. The molecule has 10 heteroatoms. The molecule has 1 heterocycles. The highest BCUT2D eigenvalue weighted by molar-refractivity contribution is 5.66. The van der Waals surface area contributed by atoms with Crippen molar-refractivity contribution in [3.8, 4) is 0 Å². The number of rotatable bonds is 11. The number of ether oxygens (including phenoxy) is 2. The van der Waals surface area contributed by atoms with Gasteiger partial charge in [-0.25, -0.2) is 0 Å². The Balaban J connectivity index is 1.81. The zero-order valence-corrected chi connectivity index (χ0v) is 28.9. The van der Waals surface area contributed by atoms with Gasteiger partial charge in [-0.3, -0.25) is 4.79 Å². The van der Waals surface area contributed by atoms with Crippen molar-refractivity contribution in [2.24, 2.45) is 39.9 Å². The van der Waals surface area contributed by atoms with Crippen LogP contribution in [-0.2, 0) is 14.3 Å². The second-order valence-corrected chi connectivity index (χ2v) is 16.6. The van der Waals surface area contributed by atoms with E-state index in [2.05, 4.69) is 27.4 Å². The van der Waals surface area contributed by atoms with Gasteiger partial charge in [-0.05, 0) is 113 Å². The van der Waals surface area contributed by atoms with E-state index in [4.69, 9.17) is 9.47 Å². The standard InChI is InChI=1S/C36H60O10/c1-20(2)21-10-16-34(6)25(33(21,5)15-12-26(38)39)18-23(45-31-30(42)29(41)28(40)24(19-37)46-31)27-22(11-17-35(27,34)7)36(8,44)14-9-13-32(3,4)43/h9,13,21-25,27-31,37,40-44H,1,10-12,14-19H2,2-8H3,(H,38,39)/b13-9+/t21-,22?,23+,24+,25?,27?,28+,29-,30+,31+,33-,34+,35+,36-/m0/s1. The Morgan fingerprint density at radius 1 is 1.02 bits per heavy atom. The largest absolute Gasteiger partial charge is 0.481 e. The molecule has 46 heavy (non-hydrogen) atoms. The molecule has 264 valence electrons. The average molecular weight is 653 g/mol. The maximum atomic E-state index is 12.1. The summed E-state index contributed by atoms with van der Waals surface area (Å²) < 4.78 is 12.6. The molecule has 3 saturated carbocycles. The molecule has 0 aromatic rings. The number of hydrogen-bond donors (Lipinski definition) is 7. The van der Waals surface area contributed by atoms with E-state index in [9.17, 15) is 40.5 Å². The first kappa shape index (κ1) is 37.4. The molecule has 1 saturated heterocycles. The first-order chi connectivity index (χ1) is 21.1. The number of fused-ring (bicyclic) bond motifs is 3.